The molecule has 2 aromatic carbocycles. The molecule has 22 heavy (non-hydrogen) atoms. The Morgan fingerprint density at radius 1 is 1.00 bits per heavy atom. The molecule has 0 unspecified atom stereocenters. The molecular weight excluding hydrogens is 274 g/mol. The molecule has 0 radical (unpaired) electrons. The van der Waals surface area contributed by atoms with E-state index >= 15 is 0 Å². The van der Waals surface area contributed by atoms with Gasteiger partial charge in [-0.3, -0.25) is 4.79 Å². The van der Waals surface area contributed by atoms with E-state index in [2.05, 4.69) is 19.2 Å². The number of hydrogen-bond donors (Lipinski definition) is 1. The lowest BCUT2D eigenvalue weighted by atomic mass is 10.0. The lowest BCUT2D eigenvalue weighted by Gasteiger charge is -2.12. The lowest BCUT2D eigenvalue weighted by molar-refractivity contribution is 0.102. The number of benzene rings is 2. The van der Waals surface area contributed by atoms with Gasteiger partial charge < -0.3 is 10.1 Å². The predicted molar refractivity (Wildman–Crippen MR) is 90.7 cm³/mol. The molecule has 0 fully saturated rings. The maximum atomic E-state index is 12.3. The first-order valence-corrected chi connectivity index (χ1v) is 7.63. The highest BCUT2D eigenvalue weighted by molar-refractivity contribution is 6.04. The Morgan fingerprint density at radius 2 is 1.68 bits per heavy atom. The zero-order valence-corrected chi connectivity index (χ0v) is 13.6. The quantitative estimate of drug-likeness (QED) is 0.856. The van der Waals surface area contributed by atoms with Gasteiger partial charge in [-0.05, 0) is 49.6 Å². The molecule has 116 valence electrons. The van der Waals surface area contributed by atoms with Crippen LogP contribution in [0.3, 0.4) is 0 Å². The molecule has 0 saturated heterocycles. The van der Waals surface area contributed by atoms with Crippen molar-refractivity contribution in [1.29, 1.82) is 0 Å². The number of carbonyl (C=O) groups excluding carboxylic acids is 1. The molecule has 0 aliphatic carbocycles. The number of rotatable bonds is 5. The van der Waals surface area contributed by atoms with Gasteiger partial charge in [0.25, 0.3) is 5.91 Å². The number of ether oxygens (including phenoxy) is 1. The van der Waals surface area contributed by atoms with Gasteiger partial charge in [0.15, 0.2) is 0 Å². The average molecular weight is 297 g/mol. The summed E-state index contributed by atoms with van der Waals surface area (Å²) in [6, 6.07) is 15.2. The maximum Gasteiger partial charge on any atom is 0.255 e. The summed E-state index contributed by atoms with van der Waals surface area (Å²) in [5, 5.41) is 2.90. The fraction of sp³-hybridized carbons (Fsp3) is 0.316. The van der Waals surface area contributed by atoms with Gasteiger partial charge in [-0.2, -0.15) is 0 Å². The molecule has 0 aromatic heterocycles. The molecular formula is C19H23NO2. The zero-order valence-electron chi connectivity index (χ0n) is 13.6. The third-order valence-corrected chi connectivity index (χ3v) is 3.30. The van der Waals surface area contributed by atoms with Crippen molar-refractivity contribution in [3.63, 3.8) is 0 Å². The van der Waals surface area contributed by atoms with Crippen LogP contribution in [-0.4, -0.2) is 12.0 Å². The molecule has 0 saturated carbocycles. The number of amides is 1. The van der Waals surface area contributed by atoms with E-state index in [4.69, 9.17) is 4.74 Å². The highest BCUT2D eigenvalue weighted by Gasteiger charge is 2.08. The van der Waals surface area contributed by atoms with Crippen molar-refractivity contribution >= 4 is 11.6 Å². The van der Waals surface area contributed by atoms with Crippen molar-refractivity contribution < 1.29 is 9.53 Å². The fourth-order valence-electron chi connectivity index (χ4n) is 2.14. The molecule has 2 aromatic rings. The highest BCUT2D eigenvalue weighted by atomic mass is 16.5. The topological polar surface area (TPSA) is 38.3 Å². The van der Waals surface area contributed by atoms with Crippen molar-refractivity contribution in [2.45, 2.75) is 39.7 Å². The Labute approximate surface area is 132 Å². The summed E-state index contributed by atoms with van der Waals surface area (Å²) in [5.41, 5.74) is 2.61. The van der Waals surface area contributed by atoms with Crippen molar-refractivity contribution in [3.05, 3.63) is 59.7 Å². The molecule has 1 amide bonds. The number of anilines is 1. The van der Waals surface area contributed by atoms with Gasteiger partial charge in [-0.25, -0.2) is 0 Å². The van der Waals surface area contributed by atoms with Crippen LogP contribution in [0.1, 0.15) is 49.5 Å². The average Bonchev–Trinajstić information content (AvgIpc) is 2.47. The first kappa shape index (κ1) is 16.1. The summed E-state index contributed by atoms with van der Waals surface area (Å²) in [5.74, 6) is 1.10. The second-order valence-electron chi connectivity index (χ2n) is 5.93. The number of nitrogens with one attached hydrogen (secondary N) is 1. The van der Waals surface area contributed by atoms with Crippen molar-refractivity contribution in [2.75, 3.05) is 5.32 Å². The van der Waals surface area contributed by atoms with E-state index in [1.165, 1.54) is 5.56 Å². The first-order valence-electron chi connectivity index (χ1n) is 7.63. The Hall–Kier alpha value is -2.29. The van der Waals surface area contributed by atoms with E-state index < -0.39 is 0 Å². The predicted octanol–water partition coefficient (Wildman–Crippen LogP) is 4.85. The molecule has 0 aliphatic rings. The van der Waals surface area contributed by atoms with E-state index in [9.17, 15) is 4.79 Å². The molecule has 0 bridgehead atoms. The smallest absolute Gasteiger partial charge is 0.255 e. The summed E-state index contributed by atoms with van der Waals surface area (Å²) >= 11 is 0. The highest BCUT2D eigenvalue weighted by Crippen LogP contribution is 2.20. The Morgan fingerprint density at radius 3 is 2.27 bits per heavy atom. The zero-order chi connectivity index (χ0) is 16.1. The van der Waals surface area contributed by atoms with Gasteiger partial charge in [-0.15, -0.1) is 0 Å². The van der Waals surface area contributed by atoms with E-state index in [1.54, 1.807) is 0 Å². The Bertz CT molecular complexity index is 630. The molecule has 0 atom stereocenters. The summed E-state index contributed by atoms with van der Waals surface area (Å²) in [7, 11) is 0. The van der Waals surface area contributed by atoms with Crippen molar-refractivity contribution in [2.24, 2.45) is 0 Å². The molecule has 3 heteroatoms. The SMILES string of the molecule is CC(C)Oc1cccc(NC(=O)c2ccc(C(C)C)cc2)c1. The van der Waals surface area contributed by atoms with Crippen LogP contribution in [-0.2, 0) is 0 Å². The minimum absolute atomic E-state index is 0.106. The largest absolute Gasteiger partial charge is 0.491 e. The molecule has 2 rings (SSSR count). The Kier molecular flexibility index (Phi) is 5.21. The fourth-order valence-corrected chi connectivity index (χ4v) is 2.14. The third-order valence-electron chi connectivity index (χ3n) is 3.30. The standard InChI is InChI=1S/C19H23NO2/c1-13(2)15-8-10-16(11-9-15)19(21)20-17-6-5-7-18(12-17)22-14(3)4/h5-14H,1-4H3,(H,20,21). The molecule has 1 N–H and O–H groups in total. The first-order chi connectivity index (χ1) is 10.5. The van der Waals surface area contributed by atoms with Crippen LogP contribution in [0.2, 0.25) is 0 Å². The molecule has 3 nitrogen and oxygen atoms in total. The van der Waals surface area contributed by atoms with Crippen LogP contribution >= 0.6 is 0 Å². The third kappa shape index (κ3) is 4.35. The van der Waals surface area contributed by atoms with E-state index in [-0.39, 0.29) is 12.0 Å². The minimum atomic E-state index is -0.114. The van der Waals surface area contributed by atoms with Crippen LogP contribution < -0.4 is 10.1 Å². The lowest BCUT2D eigenvalue weighted by Crippen LogP contribution is -2.12. The Balaban J connectivity index is 2.08. The van der Waals surface area contributed by atoms with E-state index in [1.807, 2.05) is 62.4 Å². The molecule has 0 spiro atoms. The molecule has 0 heterocycles. The summed E-state index contributed by atoms with van der Waals surface area (Å²) < 4.78 is 5.63. The van der Waals surface area contributed by atoms with Crippen LogP contribution in [0, 0.1) is 0 Å². The van der Waals surface area contributed by atoms with Gasteiger partial charge >= 0.3 is 0 Å². The second-order valence-corrected chi connectivity index (χ2v) is 5.93. The number of hydrogen-bond acceptors (Lipinski definition) is 2. The molecule has 0 aliphatic heterocycles. The van der Waals surface area contributed by atoms with E-state index in [0.717, 1.165) is 11.4 Å². The monoisotopic (exact) mass is 297 g/mol. The van der Waals surface area contributed by atoms with Crippen LogP contribution in [0.25, 0.3) is 0 Å². The van der Waals surface area contributed by atoms with Crippen LogP contribution in [0.5, 0.6) is 5.75 Å². The summed E-state index contributed by atoms with van der Waals surface area (Å²) in [6.45, 7) is 8.22. The number of carbonyl (C=O) groups is 1. The van der Waals surface area contributed by atoms with Gasteiger partial charge in [0.05, 0.1) is 6.10 Å². The van der Waals surface area contributed by atoms with Crippen LogP contribution in [0.4, 0.5) is 5.69 Å². The van der Waals surface area contributed by atoms with Crippen LogP contribution in [0.15, 0.2) is 48.5 Å². The normalized spacial score (nSPS) is 10.8. The maximum absolute atomic E-state index is 12.3. The van der Waals surface area contributed by atoms with Gasteiger partial charge in [-0.1, -0.05) is 32.0 Å². The van der Waals surface area contributed by atoms with Gasteiger partial charge in [0, 0.05) is 17.3 Å². The van der Waals surface area contributed by atoms with E-state index in [0.29, 0.717) is 11.5 Å². The summed E-state index contributed by atoms with van der Waals surface area (Å²) in [6.07, 6.45) is 0.106. The van der Waals surface area contributed by atoms with Crippen molar-refractivity contribution in [3.8, 4) is 5.75 Å². The second kappa shape index (κ2) is 7.12. The van der Waals surface area contributed by atoms with Crippen molar-refractivity contribution in [1.82, 2.24) is 0 Å². The van der Waals surface area contributed by atoms with Gasteiger partial charge in [0.1, 0.15) is 5.75 Å². The minimum Gasteiger partial charge on any atom is -0.491 e. The van der Waals surface area contributed by atoms with Gasteiger partial charge in [0.2, 0.25) is 0 Å². The summed E-state index contributed by atoms with van der Waals surface area (Å²) in [4.78, 5) is 12.3.